The summed E-state index contributed by atoms with van der Waals surface area (Å²) in [7, 11) is 2.83. The molecule has 198 valence electrons. The fourth-order valence-electron chi connectivity index (χ4n) is 3.87. The number of carbonyl (C=O) groups excluding carboxylic acids is 1. The Kier molecular flexibility index (Phi) is 7.89. The van der Waals surface area contributed by atoms with E-state index in [2.05, 4.69) is 32.6 Å². The highest BCUT2D eigenvalue weighted by molar-refractivity contribution is 5.94. The first kappa shape index (κ1) is 26.3. The van der Waals surface area contributed by atoms with E-state index in [1.54, 1.807) is 6.20 Å². The summed E-state index contributed by atoms with van der Waals surface area (Å²) in [6.07, 6.45) is 6.50. The van der Waals surface area contributed by atoms with Gasteiger partial charge < -0.3 is 29.6 Å². The average Bonchev–Trinajstić information content (AvgIpc) is 3.48. The maximum atomic E-state index is 14.6. The van der Waals surface area contributed by atoms with Crippen LogP contribution in [-0.2, 0) is 22.6 Å². The minimum Gasteiger partial charge on any atom is -0.494 e. The van der Waals surface area contributed by atoms with E-state index in [0.29, 0.717) is 24.8 Å². The Balaban J connectivity index is 1.33. The van der Waals surface area contributed by atoms with Crippen molar-refractivity contribution >= 4 is 17.5 Å². The zero-order valence-corrected chi connectivity index (χ0v) is 21.4. The lowest BCUT2D eigenvalue weighted by atomic mass is 10.1. The maximum absolute atomic E-state index is 14.6. The van der Waals surface area contributed by atoms with Crippen LogP contribution in [0.3, 0.4) is 0 Å². The number of aromatic nitrogens is 4. The summed E-state index contributed by atoms with van der Waals surface area (Å²) in [5.41, 5.74) is 1.16. The highest BCUT2D eigenvalue weighted by atomic mass is 19.1. The molecule has 3 aromatic rings. The predicted molar refractivity (Wildman–Crippen MR) is 132 cm³/mol. The van der Waals surface area contributed by atoms with Crippen LogP contribution in [0.15, 0.2) is 36.9 Å². The zero-order chi connectivity index (χ0) is 26.6. The molecule has 1 unspecified atom stereocenters. The molecule has 12 heteroatoms. The third-order valence-electron chi connectivity index (χ3n) is 5.88. The van der Waals surface area contributed by atoms with E-state index in [1.165, 1.54) is 38.7 Å². The highest BCUT2D eigenvalue weighted by Crippen LogP contribution is 2.28. The van der Waals surface area contributed by atoms with Crippen molar-refractivity contribution in [2.45, 2.75) is 45.8 Å². The molecule has 3 heterocycles. The summed E-state index contributed by atoms with van der Waals surface area (Å²) in [5.74, 6) is -0.663. The van der Waals surface area contributed by atoms with Gasteiger partial charge in [0.15, 0.2) is 23.1 Å². The van der Waals surface area contributed by atoms with Gasteiger partial charge in [-0.2, -0.15) is 5.10 Å². The summed E-state index contributed by atoms with van der Waals surface area (Å²) in [5, 5.41) is 9.99. The molecule has 37 heavy (non-hydrogen) atoms. The van der Waals surface area contributed by atoms with E-state index in [4.69, 9.17) is 18.9 Å². The van der Waals surface area contributed by atoms with E-state index in [0.717, 1.165) is 5.69 Å². The molecule has 4 rings (SSSR count). The molecular formula is C25H31FN6O5. The minimum absolute atomic E-state index is 0.00678. The second-order valence-electron chi connectivity index (χ2n) is 9.18. The number of methoxy groups -OCH3 is 1. The normalized spacial score (nSPS) is 17.3. The van der Waals surface area contributed by atoms with E-state index in [-0.39, 0.29) is 41.4 Å². The zero-order valence-electron chi connectivity index (χ0n) is 21.4. The number of rotatable bonds is 10. The lowest BCUT2D eigenvalue weighted by molar-refractivity contribution is -0.144. The van der Waals surface area contributed by atoms with Gasteiger partial charge in [0.05, 0.1) is 44.1 Å². The van der Waals surface area contributed by atoms with Crippen LogP contribution in [0, 0.1) is 11.7 Å². The summed E-state index contributed by atoms with van der Waals surface area (Å²) in [6.45, 7) is 7.01. The number of hydrogen-bond donors (Lipinski definition) is 2. The van der Waals surface area contributed by atoms with Crippen LogP contribution in [0.4, 0.5) is 16.0 Å². The van der Waals surface area contributed by atoms with Crippen LogP contribution in [0.25, 0.3) is 0 Å². The Morgan fingerprint density at radius 2 is 2.05 bits per heavy atom. The molecule has 1 amide bonds. The van der Waals surface area contributed by atoms with Gasteiger partial charge in [-0.1, -0.05) is 6.92 Å². The summed E-state index contributed by atoms with van der Waals surface area (Å²) in [6, 6.07) is 2.75. The van der Waals surface area contributed by atoms with Crippen LogP contribution >= 0.6 is 0 Å². The molecular weight excluding hydrogens is 483 g/mol. The molecule has 0 bridgehead atoms. The van der Waals surface area contributed by atoms with Crippen molar-refractivity contribution in [1.29, 1.82) is 0 Å². The third kappa shape index (κ3) is 6.52. The summed E-state index contributed by atoms with van der Waals surface area (Å²) in [4.78, 5) is 20.5. The molecule has 2 aromatic heterocycles. The molecule has 0 radical (unpaired) electrons. The number of hydrogen-bond acceptors (Lipinski definition) is 9. The van der Waals surface area contributed by atoms with E-state index in [1.807, 2.05) is 24.7 Å². The quantitative estimate of drug-likeness (QED) is 0.420. The van der Waals surface area contributed by atoms with Crippen LogP contribution < -0.4 is 20.1 Å². The van der Waals surface area contributed by atoms with Gasteiger partial charge in [0.1, 0.15) is 6.61 Å². The smallest absolute Gasteiger partial charge is 0.251 e. The van der Waals surface area contributed by atoms with Crippen molar-refractivity contribution < 1.29 is 28.1 Å². The molecule has 1 aliphatic rings. The van der Waals surface area contributed by atoms with E-state index in [9.17, 15) is 9.18 Å². The Hall–Kier alpha value is -3.77. The molecule has 0 aliphatic carbocycles. The Morgan fingerprint density at radius 3 is 2.70 bits per heavy atom. The molecule has 2 N–H and O–H groups in total. The molecule has 1 aliphatic heterocycles. The average molecular weight is 515 g/mol. The molecule has 1 fully saturated rings. The monoisotopic (exact) mass is 514 g/mol. The van der Waals surface area contributed by atoms with Gasteiger partial charge in [-0.25, -0.2) is 14.4 Å². The Bertz CT molecular complexity index is 1230. The fourth-order valence-corrected chi connectivity index (χ4v) is 3.87. The number of nitrogens with zero attached hydrogens (tertiary/aromatic N) is 4. The molecule has 0 spiro atoms. The van der Waals surface area contributed by atoms with Crippen molar-refractivity contribution in [3.05, 3.63) is 53.9 Å². The first-order chi connectivity index (χ1) is 17.7. The topological polar surface area (TPSA) is 122 Å². The third-order valence-corrected chi connectivity index (χ3v) is 5.88. The number of ether oxygens (including phenoxy) is 4. The fraction of sp³-hybridized carbons (Fsp3) is 0.440. The van der Waals surface area contributed by atoms with Crippen molar-refractivity contribution in [1.82, 2.24) is 25.1 Å². The van der Waals surface area contributed by atoms with Crippen molar-refractivity contribution in [3.8, 4) is 11.5 Å². The lowest BCUT2D eigenvalue weighted by Gasteiger charge is -2.21. The first-order valence-electron chi connectivity index (χ1n) is 11.8. The van der Waals surface area contributed by atoms with Crippen molar-refractivity contribution in [2.24, 2.45) is 5.92 Å². The molecule has 1 saturated heterocycles. The van der Waals surface area contributed by atoms with Crippen molar-refractivity contribution in [2.75, 3.05) is 26.1 Å². The minimum atomic E-state index is -0.601. The molecule has 2 atom stereocenters. The van der Waals surface area contributed by atoms with Gasteiger partial charge in [-0.15, -0.1) is 0 Å². The second-order valence-corrected chi connectivity index (χ2v) is 9.18. The Labute approximate surface area is 214 Å². The summed E-state index contributed by atoms with van der Waals surface area (Å²) < 4.78 is 38.7. The predicted octanol–water partition coefficient (Wildman–Crippen LogP) is 3.29. The second kappa shape index (κ2) is 11.1. The number of benzene rings is 1. The Morgan fingerprint density at radius 1 is 1.30 bits per heavy atom. The lowest BCUT2D eigenvalue weighted by Crippen LogP contribution is -2.27. The standard InChI is InChI=1S/C25H31FN6O5/c1-15(21-14-36-25(2,3)37-21)11-32-12-18(8-30-32)31-24-28-9-19(10-29-24)35-13-17-6-16(23(33)27-4)7-20(34-5)22(17)26/h6-10,12,15,21H,11,13-14H2,1-5H3,(H,27,33)(H,28,29,31)/t15?,21-/m0/s1. The van der Waals surface area contributed by atoms with Gasteiger partial charge in [0, 0.05) is 36.8 Å². The van der Waals surface area contributed by atoms with E-state index >= 15 is 0 Å². The van der Waals surface area contributed by atoms with E-state index < -0.39 is 11.6 Å². The van der Waals surface area contributed by atoms with Gasteiger partial charge >= 0.3 is 0 Å². The SMILES string of the molecule is CNC(=O)c1cc(COc2cnc(Nc3cnn(CC(C)[C@@H]4COC(C)(C)O4)c3)nc2)c(F)c(OC)c1. The van der Waals surface area contributed by atoms with Gasteiger partial charge in [-0.3, -0.25) is 9.48 Å². The summed E-state index contributed by atoms with van der Waals surface area (Å²) >= 11 is 0. The molecule has 1 aromatic carbocycles. The van der Waals surface area contributed by atoms with Crippen LogP contribution in [-0.4, -0.2) is 58.3 Å². The van der Waals surface area contributed by atoms with Crippen LogP contribution in [0.1, 0.15) is 36.7 Å². The van der Waals surface area contributed by atoms with Crippen LogP contribution in [0.5, 0.6) is 11.5 Å². The van der Waals surface area contributed by atoms with Gasteiger partial charge in [0.2, 0.25) is 5.95 Å². The number of anilines is 2. The number of nitrogens with one attached hydrogen (secondary N) is 2. The molecule has 0 saturated carbocycles. The van der Waals surface area contributed by atoms with Crippen molar-refractivity contribution in [3.63, 3.8) is 0 Å². The van der Waals surface area contributed by atoms with Crippen LogP contribution in [0.2, 0.25) is 0 Å². The highest BCUT2D eigenvalue weighted by Gasteiger charge is 2.35. The van der Waals surface area contributed by atoms with Gasteiger partial charge in [0.25, 0.3) is 5.91 Å². The maximum Gasteiger partial charge on any atom is 0.251 e. The largest absolute Gasteiger partial charge is 0.494 e. The molecule has 11 nitrogen and oxygen atoms in total. The first-order valence-corrected chi connectivity index (χ1v) is 11.8. The number of halogens is 1. The number of carbonyl (C=O) groups is 1. The number of amides is 1. The van der Waals surface area contributed by atoms with Gasteiger partial charge in [-0.05, 0) is 26.0 Å².